The van der Waals surface area contributed by atoms with Crippen molar-refractivity contribution in [1.29, 1.82) is 10.5 Å². The molecular formula is C31H27F2N5. The maximum Gasteiger partial charge on any atom is 0.124 e. The number of alkyl halides is 1. The third-order valence-electron chi connectivity index (χ3n) is 7.24. The molecule has 5 nitrogen and oxygen atoms in total. The van der Waals surface area contributed by atoms with Crippen LogP contribution in [0.4, 0.5) is 8.78 Å². The van der Waals surface area contributed by atoms with Crippen molar-refractivity contribution in [3.8, 4) is 34.5 Å². The molecule has 0 amide bonds. The first-order chi connectivity index (χ1) is 18.3. The monoisotopic (exact) mass is 507 g/mol. The van der Waals surface area contributed by atoms with Gasteiger partial charge in [-0.05, 0) is 78.4 Å². The number of benzene rings is 3. The fraction of sp³-hybridized carbons (Fsp3) is 0.258. The molecule has 190 valence electrons. The van der Waals surface area contributed by atoms with Crippen LogP contribution in [0.2, 0.25) is 0 Å². The molecule has 4 aromatic rings. The van der Waals surface area contributed by atoms with Crippen molar-refractivity contribution in [1.82, 2.24) is 15.1 Å². The van der Waals surface area contributed by atoms with E-state index in [1.807, 2.05) is 48.5 Å². The number of nitrogens with one attached hydrogen (secondary N) is 1. The van der Waals surface area contributed by atoms with Gasteiger partial charge < -0.3 is 0 Å². The first kappa shape index (κ1) is 25.3. The van der Waals surface area contributed by atoms with E-state index in [2.05, 4.69) is 27.2 Å². The average Bonchev–Trinajstić information content (AvgIpc) is 3.41. The van der Waals surface area contributed by atoms with Gasteiger partial charge in [0.1, 0.15) is 11.5 Å². The number of H-pyrrole nitrogens is 1. The molecule has 1 fully saturated rings. The molecule has 0 saturated carbocycles. The van der Waals surface area contributed by atoms with E-state index >= 15 is 4.39 Å². The SMILES string of the molecule is CC(C)(F)[C@H](c1cc(F)cc(C#N)c1)C1CN(Cc2cccc(-c3ccn[nH]3)c2-c2ccc(C#N)cc2)C1. The molecule has 0 bridgehead atoms. The summed E-state index contributed by atoms with van der Waals surface area (Å²) < 4.78 is 29.6. The highest BCUT2D eigenvalue weighted by Crippen LogP contribution is 2.43. The van der Waals surface area contributed by atoms with E-state index in [4.69, 9.17) is 0 Å². The van der Waals surface area contributed by atoms with Crippen molar-refractivity contribution in [3.63, 3.8) is 0 Å². The maximum atomic E-state index is 15.4. The summed E-state index contributed by atoms with van der Waals surface area (Å²) in [5, 5.41) is 25.7. The molecule has 2 heterocycles. The first-order valence-corrected chi connectivity index (χ1v) is 12.5. The van der Waals surface area contributed by atoms with Gasteiger partial charge in [0.05, 0.1) is 29.0 Å². The molecule has 1 N–H and O–H groups in total. The van der Waals surface area contributed by atoms with E-state index in [-0.39, 0.29) is 11.5 Å². The summed E-state index contributed by atoms with van der Waals surface area (Å²) in [6, 6.07) is 23.9. The quantitative estimate of drug-likeness (QED) is 0.306. The average molecular weight is 508 g/mol. The highest BCUT2D eigenvalue weighted by Gasteiger charge is 2.43. The fourth-order valence-electron chi connectivity index (χ4n) is 5.69. The molecule has 1 aliphatic rings. The molecule has 38 heavy (non-hydrogen) atoms. The van der Waals surface area contributed by atoms with Crippen LogP contribution in [0.15, 0.2) is 72.9 Å². The molecule has 0 aliphatic carbocycles. The van der Waals surface area contributed by atoms with Gasteiger partial charge in [0, 0.05) is 37.3 Å². The van der Waals surface area contributed by atoms with Crippen molar-refractivity contribution < 1.29 is 8.78 Å². The van der Waals surface area contributed by atoms with Gasteiger partial charge in [-0.2, -0.15) is 15.6 Å². The Hall–Kier alpha value is -4.33. The van der Waals surface area contributed by atoms with Gasteiger partial charge >= 0.3 is 0 Å². The minimum absolute atomic E-state index is 0.0162. The summed E-state index contributed by atoms with van der Waals surface area (Å²) in [4.78, 5) is 2.26. The minimum Gasteiger partial charge on any atom is -0.298 e. The second-order valence-electron chi connectivity index (χ2n) is 10.4. The number of nitrogens with zero attached hydrogens (tertiary/aromatic N) is 4. The lowest BCUT2D eigenvalue weighted by atomic mass is 9.72. The summed E-state index contributed by atoms with van der Waals surface area (Å²) in [5.41, 5.74) is 4.80. The normalized spacial score (nSPS) is 14.9. The second-order valence-corrected chi connectivity index (χ2v) is 10.4. The standard InChI is InChI=1S/C31H27F2N5/c1-31(2,33)30(24-12-21(16-35)13-26(32)14-24)25-18-38(19-25)17-23-4-3-5-27(28-10-11-36-37-28)29(23)22-8-6-20(15-34)7-9-22/h3-14,25,30H,17-19H2,1-2H3,(H,36,37)/t30-/m1/s1. The maximum absolute atomic E-state index is 15.4. The van der Waals surface area contributed by atoms with Gasteiger partial charge in [-0.15, -0.1) is 0 Å². The van der Waals surface area contributed by atoms with Gasteiger partial charge in [0.25, 0.3) is 0 Å². The zero-order valence-electron chi connectivity index (χ0n) is 21.2. The number of nitriles is 2. The van der Waals surface area contributed by atoms with Gasteiger partial charge in [0.2, 0.25) is 0 Å². The topological polar surface area (TPSA) is 79.5 Å². The summed E-state index contributed by atoms with van der Waals surface area (Å²) in [5.74, 6) is -1.07. The van der Waals surface area contributed by atoms with Crippen LogP contribution >= 0.6 is 0 Å². The predicted molar refractivity (Wildman–Crippen MR) is 142 cm³/mol. The Balaban J connectivity index is 1.43. The highest BCUT2D eigenvalue weighted by atomic mass is 19.1. The Kier molecular flexibility index (Phi) is 6.80. The van der Waals surface area contributed by atoms with Crippen molar-refractivity contribution >= 4 is 0 Å². The molecule has 0 radical (unpaired) electrons. The molecular weight excluding hydrogens is 480 g/mol. The predicted octanol–water partition coefficient (Wildman–Crippen LogP) is 6.59. The van der Waals surface area contributed by atoms with Crippen LogP contribution in [-0.2, 0) is 6.54 Å². The highest BCUT2D eigenvalue weighted by molar-refractivity contribution is 5.84. The van der Waals surface area contributed by atoms with Crippen LogP contribution in [0.25, 0.3) is 22.4 Å². The van der Waals surface area contributed by atoms with Crippen LogP contribution in [0.5, 0.6) is 0 Å². The lowest BCUT2D eigenvalue weighted by Gasteiger charge is -2.47. The Bertz CT molecular complexity index is 1520. The molecule has 7 heteroatoms. The van der Waals surface area contributed by atoms with Crippen molar-refractivity contribution in [3.05, 3.63) is 101 Å². The zero-order valence-corrected chi connectivity index (χ0v) is 21.2. The third-order valence-corrected chi connectivity index (χ3v) is 7.24. The third kappa shape index (κ3) is 5.07. The van der Waals surface area contributed by atoms with E-state index < -0.39 is 17.4 Å². The molecule has 0 spiro atoms. The van der Waals surface area contributed by atoms with E-state index in [9.17, 15) is 14.9 Å². The summed E-state index contributed by atoms with van der Waals surface area (Å²) in [6.45, 7) is 5.00. The minimum atomic E-state index is -1.58. The lowest BCUT2D eigenvalue weighted by molar-refractivity contribution is 0.0213. The van der Waals surface area contributed by atoms with Gasteiger partial charge in [-0.25, -0.2) is 8.78 Å². The summed E-state index contributed by atoms with van der Waals surface area (Å²) in [6.07, 6.45) is 1.72. The van der Waals surface area contributed by atoms with Crippen molar-refractivity contribution in [2.24, 2.45) is 5.92 Å². The Morgan fingerprint density at radius 1 is 1.03 bits per heavy atom. The summed E-state index contributed by atoms with van der Waals surface area (Å²) >= 11 is 0. The number of halogens is 2. The molecule has 1 aromatic heterocycles. The van der Waals surface area contributed by atoms with Gasteiger partial charge in [-0.3, -0.25) is 10.00 Å². The largest absolute Gasteiger partial charge is 0.298 e. The van der Waals surface area contributed by atoms with Crippen LogP contribution in [0, 0.1) is 34.4 Å². The van der Waals surface area contributed by atoms with E-state index in [0.29, 0.717) is 30.8 Å². The molecule has 5 rings (SSSR count). The van der Waals surface area contributed by atoms with Crippen molar-refractivity contribution in [2.75, 3.05) is 13.1 Å². The Labute approximate surface area is 221 Å². The smallest absolute Gasteiger partial charge is 0.124 e. The fourth-order valence-corrected chi connectivity index (χ4v) is 5.69. The van der Waals surface area contributed by atoms with Gasteiger partial charge in [0.15, 0.2) is 0 Å². The number of hydrogen-bond acceptors (Lipinski definition) is 4. The van der Waals surface area contributed by atoms with Gasteiger partial charge in [-0.1, -0.05) is 30.3 Å². The van der Waals surface area contributed by atoms with Crippen LogP contribution in [-0.4, -0.2) is 33.9 Å². The number of aromatic amines is 1. The first-order valence-electron chi connectivity index (χ1n) is 12.5. The molecule has 1 aliphatic heterocycles. The lowest BCUT2D eigenvalue weighted by Crippen LogP contribution is -2.52. The Morgan fingerprint density at radius 2 is 1.76 bits per heavy atom. The molecule has 1 saturated heterocycles. The second kappa shape index (κ2) is 10.2. The molecule has 1 atom stereocenters. The van der Waals surface area contributed by atoms with Crippen LogP contribution in [0.3, 0.4) is 0 Å². The zero-order chi connectivity index (χ0) is 26.9. The van der Waals surface area contributed by atoms with Crippen LogP contribution in [0.1, 0.15) is 42.0 Å². The van der Waals surface area contributed by atoms with E-state index in [0.717, 1.165) is 27.9 Å². The molecule has 3 aromatic carbocycles. The van der Waals surface area contributed by atoms with E-state index in [1.54, 1.807) is 12.3 Å². The van der Waals surface area contributed by atoms with Crippen LogP contribution < -0.4 is 0 Å². The van der Waals surface area contributed by atoms with E-state index in [1.165, 1.54) is 26.0 Å². The number of aromatic nitrogens is 2. The van der Waals surface area contributed by atoms with Crippen molar-refractivity contribution in [2.45, 2.75) is 32.0 Å². The number of likely N-dealkylation sites (tertiary alicyclic amines) is 1. The summed E-state index contributed by atoms with van der Waals surface area (Å²) in [7, 11) is 0. The Morgan fingerprint density at radius 3 is 2.39 bits per heavy atom. The molecule has 0 unspecified atom stereocenters. The number of hydrogen-bond donors (Lipinski definition) is 1. The number of rotatable bonds is 7.